The average Bonchev–Trinajstić information content (AvgIpc) is 3.15. The molecule has 0 spiro atoms. The smallest absolute Gasteiger partial charge is 0.262 e. The number of ether oxygens (including phenoxy) is 1. The number of hydrogen-bond donors (Lipinski definition) is 1. The number of rotatable bonds is 3. The van der Waals surface area contributed by atoms with Gasteiger partial charge in [-0.25, -0.2) is 15.0 Å². The van der Waals surface area contributed by atoms with E-state index in [4.69, 9.17) is 9.72 Å². The van der Waals surface area contributed by atoms with E-state index in [1.807, 2.05) is 31.2 Å². The van der Waals surface area contributed by atoms with Gasteiger partial charge in [0.05, 0.1) is 16.9 Å². The van der Waals surface area contributed by atoms with Crippen LogP contribution < -0.4 is 15.6 Å². The van der Waals surface area contributed by atoms with E-state index in [1.165, 1.54) is 12.4 Å². The van der Waals surface area contributed by atoms with Gasteiger partial charge in [0.15, 0.2) is 6.10 Å². The Morgan fingerprint density at radius 1 is 1.23 bits per heavy atom. The molecule has 1 unspecified atom stereocenters. The van der Waals surface area contributed by atoms with Crippen LogP contribution in [0.25, 0.3) is 11.4 Å². The van der Waals surface area contributed by atoms with E-state index >= 15 is 0 Å². The number of hydrogen-bond acceptors (Lipinski definition) is 6. The molecule has 3 aromatic rings. The van der Waals surface area contributed by atoms with E-state index in [9.17, 15) is 9.59 Å². The molecular weight excluding hydrogens is 394 g/mol. The lowest BCUT2D eigenvalue weighted by atomic mass is 9.93. The van der Waals surface area contributed by atoms with Gasteiger partial charge in [-0.15, -0.1) is 0 Å². The molecule has 0 fully saturated rings. The van der Waals surface area contributed by atoms with E-state index < -0.39 is 11.6 Å². The summed E-state index contributed by atoms with van der Waals surface area (Å²) in [6, 6.07) is 10.9. The number of fused-ring (bicyclic) bond motifs is 2. The Kier molecular flexibility index (Phi) is 4.77. The van der Waals surface area contributed by atoms with Crippen LogP contribution in [0.5, 0.6) is 5.75 Å². The number of amides is 1. The van der Waals surface area contributed by atoms with E-state index in [0.29, 0.717) is 36.6 Å². The molecule has 1 amide bonds. The van der Waals surface area contributed by atoms with Crippen molar-refractivity contribution in [2.45, 2.75) is 50.8 Å². The quantitative estimate of drug-likeness (QED) is 0.702. The van der Waals surface area contributed by atoms with Crippen molar-refractivity contribution in [2.75, 3.05) is 0 Å². The number of benzene rings is 1. The van der Waals surface area contributed by atoms with Crippen molar-refractivity contribution in [3.8, 4) is 17.1 Å². The van der Waals surface area contributed by atoms with Gasteiger partial charge in [0, 0.05) is 25.2 Å². The highest BCUT2D eigenvalue weighted by atomic mass is 16.5. The van der Waals surface area contributed by atoms with Gasteiger partial charge >= 0.3 is 0 Å². The van der Waals surface area contributed by atoms with Crippen molar-refractivity contribution in [3.63, 3.8) is 0 Å². The van der Waals surface area contributed by atoms with Gasteiger partial charge in [-0.3, -0.25) is 14.2 Å². The van der Waals surface area contributed by atoms with E-state index in [2.05, 4.69) is 15.3 Å². The van der Waals surface area contributed by atoms with Crippen molar-refractivity contribution in [3.05, 3.63) is 70.7 Å². The van der Waals surface area contributed by atoms with Crippen molar-refractivity contribution in [1.82, 2.24) is 24.8 Å². The topological polar surface area (TPSA) is 99.0 Å². The van der Waals surface area contributed by atoms with Crippen molar-refractivity contribution >= 4 is 5.91 Å². The van der Waals surface area contributed by atoms with E-state index in [0.717, 1.165) is 24.2 Å². The molecule has 0 bridgehead atoms. The highest BCUT2D eigenvalue weighted by Gasteiger charge is 2.39. The first kappa shape index (κ1) is 19.4. The van der Waals surface area contributed by atoms with Gasteiger partial charge in [-0.2, -0.15) is 0 Å². The Bertz CT molecular complexity index is 1170. The number of carbonyl (C=O) groups is 1. The zero-order valence-corrected chi connectivity index (χ0v) is 17.2. The number of carbonyl (C=O) groups excluding carboxylic acids is 1. The van der Waals surface area contributed by atoms with Crippen molar-refractivity contribution < 1.29 is 9.53 Å². The van der Waals surface area contributed by atoms with Crippen molar-refractivity contribution in [2.24, 2.45) is 0 Å². The van der Waals surface area contributed by atoms with E-state index in [-0.39, 0.29) is 11.5 Å². The minimum absolute atomic E-state index is 0.148. The minimum atomic E-state index is -0.798. The number of nitrogens with zero attached hydrogens (tertiary/aromatic N) is 4. The molecule has 2 aliphatic rings. The summed E-state index contributed by atoms with van der Waals surface area (Å²) in [5.74, 6) is 1.10. The maximum Gasteiger partial charge on any atom is 0.262 e. The van der Waals surface area contributed by atoms with Crippen LogP contribution in [0.1, 0.15) is 37.6 Å². The minimum Gasteiger partial charge on any atom is -0.480 e. The second-order valence-corrected chi connectivity index (χ2v) is 8.25. The summed E-state index contributed by atoms with van der Waals surface area (Å²) in [4.78, 5) is 39.1. The third-order valence-electron chi connectivity index (χ3n) is 5.99. The third-order valence-corrected chi connectivity index (χ3v) is 5.99. The summed E-state index contributed by atoms with van der Waals surface area (Å²) in [6.07, 6.45) is 5.37. The zero-order valence-electron chi connectivity index (χ0n) is 17.2. The fourth-order valence-electron chi connectivity index (χ4n) is 4.38. The number of aromatic nitrogens is 4. The zero-order chi connectivity index (χ0) is 21.4. The Balaban J connectivity index is 1.49. The van der Waals surface area contributed by atoms with Gasteiger partial charge in [0.2, 0.25) is 0 Å². The van der Waals surface area contributed by atoms with Gasteiger partial charge < -0.3 is 10.1 Å². The van der Waals surface area contributed by atoms with Crippen LogP contribution in [-0.4, -0.2) is 31.5 Å². The third kappa shape index (κ3) is 3.58. The molecule has 0 aliphatic carbocycles. The molecule has 2 aliphatic heterocycles. The van der Waals surface area contributed by atoms with Crippen LogP contribution in [0.4, 0.5) is 0 Å². The summed E-state index contributed by atoms with van der Waals surface area (Å²) in [6.45, 7) is 2.50. The first-order valence-corrected chi connectivity index (χ1v) is 10.5. The maximum atomic E-state index is 13.2. The van der Waals surface area contributed by atoms with Gasteiger partial charge in [-0.1, -0.05) is 18.2 Å². The second-order valence-electron chi connectivity index (χ2n) is 8.25. The lowest BCUT2D eigenvalue weighted by Crippen LogP contribution is -2.51. The van der Waals surface area contributed by atoms with Crippen LogP contribution in [-0.2, 0) is 23.3 Å². The average molecular weight is 417 g/mol. The standard InChI is InChI=1S/C23H23N5O3/c1-23(27-21(30)19-12-15-6-2-3-7-18(15)31-19)9-4-5-11-28-20(29)13-17(26-22(23)28)16-8-10-24-14-25-16/h2-3,6-8,10,13-14,19H,4-5,9,11-12H2,1H3,(H,27,30)/t19-,23?/m0/s1. The molecule has 0 saturated heterocycles. The predicted octanol–water partition coefficient (Wildman–Crippen LogP) is 2.22. The molecule has 1 aromatic carbocycles. The van der Waals surface area contributed by atoms with Gasteiger partial charge in [0.1, 0.15) is 17.9 Å². The van der Waals surface area contributed by atoms with Gasteiger partial charge in [-0.05, 0) is 43.9 Å². The highest BCUT2D eigenvalue weighted by molar-refractivity contribution is 5.83. The lowest BCUT2D eigenvalue weighted by molar-refractivity contribution is -0.129. The summed E-state index contributed by atoms with van der Waals surface area (Å²) in [7, 11) is 0. The second kappa shape index (κ2) is 7.61. The Morgan fingerprint density at radius 3 is 2.90 bits per heavy atom. The van der Waals surface area contributed by atoms with Crippen LogP contribution in [0.3, 0.4) is 0 Å². The first-order chi connectivity index (χ1) is 15.0. The number of para-hydroxylation sites is 1. The normalized spacial score (nSPS) is 22.0. The highest BCUT2D eigenvalue weighted by Crippen LogP contribution is 2.32. The summed E-state index contributed by atoms with van der Waals surface area (Å²) in [5, 5.41) is 3.16. The number of nitrogens with one attached hydrogen (secondary N) is 1. The molecule has 1 N–H and O–H groups in total. The molecule has 158 valence electrons. The van der Waals surface area contributed by atoms with Crippen LogP contribution in [0.15, 0.2) is 53.7 Å². The maximum absolute atomic E-state index is 13.2. The molecule has 4 heterocycles. The van der Waals surface area contributed by atoms with Crippen molar-refractivity contribution in [1.29, 1.82) is 0 Å². The molecule has 0 radical (unpaired) electrons. The molecule has 2 atom stereocenters. The Hall–Kier alpha value is -3.55. The summed E-state index contributed by atoms with van der Waals surface area (Å²) < 4.78 is 7.54. The predicted molar refractivity (Wildman–Crippen MR) is 113 cm³/mol. The summed E-state index contributed by atoms with van der Waals surface area (Å²) >= 11 is 0. The Morgan fingerprint density at radius 2 is 2.10 bits per heavy atom. The van der Waals surface area contributed by atoms with Crippen LogP contribution >= 0.6 is 0 Å². The molecule has 31 heavy (non-hydrogen) atoms. The van der Waals surface area contributed by atoms with Crippen LogP contribution in [0, 0.1) is 0 Å². The molecular formula is C23H23N5O3. The summed E-state index contributed by atoms with van der Waals surface area (Å²) in [5.41, 5.74) is 1.13. The molecule has 5 rings (SSSR count). The SMILES string of the molecule is CC1(NC(=O)[C@@H]2Cc3ccccc3O2)CCCCn2c1nc(-c1ccncn1)cc2=O. The van der Waals surface area contributed by atoms with E-state index in [1.54, 1.807) is 16.8 Å². The largest absolute Gasteiger partial charge is 0.480 e. The molecule has 8 heteroatoms. The van der Waals surface area contributed by atoms with Gasteiger partial charge in [0.25, 0.3) is 11.5 Å². The van der Waals surface area contributed by atoms with Crippen LogP contribution in [0.2, 0.25) is 0 Å². The monoisotopic (exact) mass is 417 g/mol. The fourth-order valence-corrected chi connectivity index (χ4v) is 4.38. The lowest BCUT2D eigenvalue weighted by Gasteiger charge is -2.31. The molecule has 8 nitrogen and oxygen atoms in total. The Labute approximate surface area is 179 Å². The fraction of sp³-hybridized carbons (Fsp3) is 0.348. The molecule has 2 aromatic heterocycles. The first-order valence-electron chi connectivity index (χ1n) is 10.5. The molecule has 0 saturated carbocycles.